The summed E-state index contributed by atoms with van der Waals surface area (Å²) in [6, 6.07) is 6.49. The lowest BCUT2D eigenvalue weighted by Gasteiger charge is -2.21. The molecule has 0 atom stereocenters. The highest BCUT2D eigenvalue weighted by molar-refractivity contribution is 6.33. The highest BCUT2D eigenvalue weighted by atomic mass is 35.5. The van der Waals surface area contributed by atoms with E-state index in [9.17, 15) is 18.0 Å². The Labute approximate surface area is 229 Å². The van der Waals surface area contributed by atoms with E-state index in [1.807, 2.05) is 25.8 Å². The minimum atomic E-state index is -4.61. The monoisotopic (exact) mass is 563 g/mol. The maximum absolute atomic E-state index is 13.7. The number of amides is 1. The third-order valence-corrected chi connectivity index (χ3v) is 6.81. The molecule has 0 aliphatic carbocycles. The molecule has 0 saturated heterocycles. The minimum absolute atomic E-state index is 0.0801. The zero-order chi connectivity index (χ0) is 28.5. The molecule has 0 saturated carbocycles. The van der Waals surface area contributed by atoms with E-state index in [2.05, 4.69) is 21.4 Å². The number of benzene rings is 2. The second-order valence-electron chi connectivity index (χ2n) is 9.08. The summed E-state index contributed by atoms with van der Waals surface area (Å²) in [5.41, 5.74) is 8.56. The fourth-order valence-corrected chi connectivity index (χ4v) is 4.29. The molecule has 13 heteroatoms. The van der Waals surface area contributed by atoms with Gasteiger partial charge < -0.3 is 20.4 Å². The van der Waals surface area contributed by atoms with Crippen LogP contribution in [0.15, 0.2) is 42.7 Å². The van der Waals surface area contributed by atoms with Crippen LogP contribution in [-0.2, 0) is 19.8 Å². The molecule has 9 nitrogen and oxygen atoms in total. The number of alkyl halides is 3. The number of anilines is 2. The summed E-state index contributed by atoms with van der Waals surface area (Å²) >= 11 is 6.44. The summed E-state index contributed by atoms with van der Waals surface area (Å²) in [5, 5.41) is 8.79. The van der Waals surface area contributed by atoms with Crippen molar-refractivity contribution in [2.75, 3.05) is 31.0 Å². The van der Waals surface area contributed by atoms with E-state index < -0.39 is 17.6 Å². The van der Waals surface area contributed by atoms with Crippen molar-refractivity contribution in [2.24, 2.45) is 7.05 Å². The second-order valence-corrected chi connectivity index (χ2v) is 9.49. The first-order valence-electron chi connectivity index (χ1n) is 12.0. The summed E-state index contributed by atoms with van der Waals surface area (Å²) < 4.78 is 48.3. The molecule has 0 bridgehead atoms. The Morgan fingerprint density at radius 1 is 1.26 bits per heavy atom. The van der Waals surface area contributed by atoms with Crippen LogP contribution < -0.4 is 26.0 Å². The highest BCUT2D eigenvalue weighted by Gasteiger charge is 2.33. The number of nitrogens with one attached hydrogen (secondary N) is 3. The number of hydrogen-bond acceptors (Lipinski definition) is 7. The Hall–Kier alpha value is -3.74. The molecule has 4 rings (SSSR count). The molecular formula is C26H29ClF3N7O2. The number of halogens is 4. The Balaban J connectivity index is 1.65. The molecule has 0 unspecified atom stereocenters. The normalized spacial score (nSPS) is 13.5. The number of aromatic nitrogens is 2. The molecule has 208 valence electrons. The third kappa shape index (κ3) is 5.97. The number of hydrogen-bond donors (Lipinski definition) is 3. The number of aryl methyl sites for hydroxylation is 1. The zero-order valence-electron chi connectivity index (χ0n) is 22.1. The van der Waals surface area contributed by atoms with Gasteiger partial charge in [-0.2, -0.15) is 18.3 Å². The molecule has 3 N–H and O–H groups in total. The predicted molar refractivity (Wildman–Crippen MR) is 144 cm³/mol. The molecule has 0 spiro atoms. The van der Waals surface area contributed by atoms with Gasteiger partial charge in [-0.1, -0.05) is 18.5 Å². The number of methoxy groups -OCH3 is 1. The van der Waals surface area contributed by atoms with Gasteiger partial charge in [0.1, 0.15) is 5.75 Å². The maximum atomic E-state index is 13.7. The Bertz CT molecular complexity index is 1420. The molecule has 0 fully saturated rings. The Kier molecular flexibility index (Phi) is 8.09. The molecule has 1 aliphatic heterocycles. The van der Waals surface area contributed by atoms with Gasteiger partial charge in [0, 0.05) is 42.2 Å². The van der Waals surface area contributed by atoms with E-state index in [-0.39, 0.29) is 23.5 Å². The van der Waals surface area contributed by atoms with Crippen LogP contribution in [0.5, 0.6) is 5.75 Å². The van der Waals surface area contributed by atoms with Crippen LogP contribution in [0.1, 0.15) is 39.7 Å². The van der Waals surface area contributed by atoms with Crippen molar-refractivity contribution in [3.05, 3.63) is 75.7 Å². The lowest BCUT2D eigenvalue weighted by atomic mass is 10.1. The average Bonchev–Trinajstić information content (AvgIpc) is 3.50. The van der Waals surface area contributed by atoms with Crippen LogP contribution in [0.2, 0.25) is 5.02 Å². The van der Waals surface area contributed by atoms with E-state index in [4.69, 9.17) is 16.3 Å². The maximum Gasteiger partial charge on any atom is 0.416 e. The van der Waals surface area contributed by atoms with Crippen LogP contribution >= 0.6 is 11.6 Å². The van der Waals surface area contributed by atoms with Crippen LogP contribution in [0.3, 0.4) is 0 Å². The fourth-order valence-electron chi connectivity index (χ4n) is 4.08. The molecule has 2 heterocycles. The molecule has 39 heavy (non-hydrogen) atoms. The van der Waals surface area contributed by atoms with Crippen LogP contribution in [0.4, 0.5) is 24.5 Å². The van der Waals surface area contributed by atoms with Crippen LogP contribution in [-0.4, -0.2) is 41.3 Å². The van der Waals surface area contributed by atoms with Crippen LogP contribution in [0.25, 0.3) is 5.70 Å². The Morgan fingerprint density at radius 2 is 2.00 bits per heavy atom. The number of rotatable bonds is 8. The van der Waals surface area contributed by atoms with Crippen molar-refractivity contribution in [3.63, 3.8) is 0 Å². The van der Waals surface area contributed by atoms with E-state index >= 15 is 0 Å². The standard InChI is InChI=1S/C26H29ClF3N7O2/c1-6-35(3)13-17-9-18(26(28,29)30)11-21(24(17)39-5)32-25(38)16-7-8-20(27)23(10-16)37-14-22(33-34-37)19-12-31-36(4)15(19)2/h7-12,14,33-34H,6,13H2,1-5H3,(H,32,38). The number of hydrazine groups is 2. The lowest BCUT2D eigenvalue weighted by Crippen LogP contribution is -2.36. The van der Waals surface area contributed by atoms with Crippen molar-refractivity contribution in [1.29, 1.82) is 0 Å². The topological polar surface area (TPSA) is 86.7 Å². The van der Waals surface area contributed by atoms with E-state index in [1.165, 1.54) is 19.2 Å². The van der Waals surface area contributed by atoms with Crippen molar-refractivity contribution in [2.45, 2.75) is 26.6 Å². The second kappa shape index (κ2) is 11.2. The highest BCUT2D eigenvalue weighted by Crippen LogP contribution is 2.39. The zero-order valence-corrected chi connectivity index (χ0v) is 22.8. The fraction of sp³-hybridized carbons (Fsp3) is 0.308. The van der Waals surface area contributed by atoms with E-state index in [0.29, 0.717) is 22.8 Å². The first-order chi connectivity index (χ1) is 18.4. The largest absolute Gasteiger partial charge is 0.494 e. The van der Waals surface area contributed by atoms with Crippen molar-refractivity contribution >= 4 is 34.6 Å². The molecule has 2 aromatic carbocycles. The number of nitrogens with zero attached hydrogens (tertiary/aromatic N) is 4. The quantitative estimate of drug-likeness (QED) is 0.358. The molecule has 1 aromatic heterocycles. The molecule has 3 aromatic rings. The summed E-state index contributed by atoms with van der Waals surface area (Å²) in [4.78, 5) is 15.1. The van der Waals surface area contributed by atoms with Gasteiger partial charge in [-0.15, -0.1) is 5.53 Å². The van der Waals surface area contributed by atoms with Crippen molar-refractivity contribution < 1.29 is 22.7 Å². The third-order valence-electron chi connectivity index (χ3n) is 6.49. The predicted octanol–water partition coefficient (Wildman–Crippen LogP) is 4.94. The van der Waals surface area contributed by atoms with E-state index in [0.717, 1.165) is 29.1 Å². The van der Waals surface area contributed by atoms with Gasteiger partial charge in [0.05, 0.1) is 41.0 Å². The molecule has 1 amide bonds. The summed E-state index contributed by atoms with van der Waals surface area (Å²) in [5.74, 6) is -0.463. The average molecular weight is 564 g/mol. The van der Waals surface area contributed by atoms with Gasteiger partial charge in [-0.05, 0) is 50.8 Å². The minimum Gasteiger partial charge on any atom is -0.494 e. The van der Waals surface area contributed by atoms with E-state index in [1.54, 1.807) is 35.2 Å². The van der Waals surface area contributed by atoms with Crippen molar-refractivity contribution in [3.8, 4) is 5.75 Å². The lowest BCUT2D eigenvalue weighted by molar-refractivity contribution is -0.137. The SMILES string of the molecule is CCN(C)Cc1cc(C(F)(F)F)cc(NC(=O)c2ccc(Cl)c(N3C=C(c4cnn(C)c4C)NN3)c2)c1OC. The smallest absolute Gasteiger partial charge is 0.416 e. The van der Waals surface area contributed by atoms with Crippen molar-refractivity contribution in [1.82, 2.24) is 25.6 Å². The van der Waals surface area contributed by atoms with Gasteiger partial charge in [-0.25, -0.2) is 0 Å². The molecular weight excluding hydrogens is 535 g/mol. The van der Waals surface area contributed by atoms with Gasteiger partial charge >= 0.3 is 6.18 Å². The number of carbonyl (C=O) groups is 1. The first kappa shape index (κ1) is 28.3. The first-order valence-corrected chi connectivity index (χ1v) is 12.4. The summed E-state index contributed by atoms with van der Waals surface area (Å²) in [6.07, 6.45) is -1.12. The van der Waals surface area contributed by atoms with Gasteiger partial charge in [0.15, 0.2) is 0 Å². The summed E-state index contributed by atoms with van der Waals surface area (Å²) in [6.45, 7) is 4.64. The summed E-state index contributed by atoms with van der Waals surface area (Å²) in [7, 11) is 4.97. The van der Waals surface area contributed by atoms with Gasteiger partial charge in [0.2, 0.25) is 0 Å². The number of ether oxygens (including phenoxy) is 1. The van der Waals surface area contributed by atoms with Gasteiger partial charge in [0.25, 0.3) is 5.91 Å². The Morgan fingerprint density at radius 3 is 2.62 bits per heavy atom. The number of carbonyl (C=O) groups excluding carboxylic acids is 1. The molecule has 0 radical (unpaired) electrons. The van der Waals surface area contributed by atoms with Gasteiger partial charge in [-0.3, -0.25) is 14.5 Å². The molecule has 1 aliphatic rings. The van der Waals surface area contributed by atoms with Crippen LogP contribution in [0, 0.1) is 6.92 Å².